The number of aliphatic hydroxyl groups is 1. The fourth-order valence-electron chi connectivity index (χ4n) is 1.49. The van der Waals surface area contributed by atoms with E-state index in [-0.39, 0.29) is 5.76 Å². The zero-order valence-corrected chi connectivity index (χ0v) is 9.38. The molecule has 0 atom stereocenters. The number of fused-ring (bicyclic) bond motifs is 1. The van der Waals surface area contributed by atoms with Crippen LogP contribution >= 0.6 is 0 Å². The number of nitrogens with zero attached hydrogens (tertiary/aromatic N) is 1. The molecule has 0 aliphatic carbocycles. The molecule has 0 spiro atoms. The molecular formula is C15H13NO. The second-order valence-electron chi connectivity index (χ2n) is 3.58. The highest BCUT2D eigenvalue weighted by Gasteiger charge is 1.93. The lowest BCUT2D eigenvalue weighted by Crippen LogP contribution is -1.82. The highest BCUT2D eigenvalue weighted by Crippen LogP contribution is 2.12. The van der Waals surface area contributed by atoms with Crippen molar-refractivity contribution in [2.45, 2.75) is 0 Å². The molecule has 0 radical (unpaired) electrons. The van der Waals surface area contributed by atoms with E-state index in [1.54, 1.807) is 12.2 Å². The van der Waals surface area contributed by atoms with Gasteiger partial charge in [-0.1, -0.05) is 36.9 Å². The molecule has 0 fully saturated rings. The van der Waals surface area contributed by atoms with E-state index in [1.165, 1.54) is 6.08 Å². The normalized spacial score (nSPS) is 12.1. The first-order valence-corrected chi connectivity index (χ1v) is 5.35. The minimum atomic E-state index is 0.141. The minimum Gasteiger partial charge on any atom is -0.508 e. The molecular weight excluding hydrogens is 210 g/mol. The van der Waals surface area contributed by atoms with Crippen LogP contribution in [0.15, 0.2) is 67.0 Å². The highest BCUT2D eigenvalue weighted by molar-refractivity contribution is 5.79. The smallest absolute Gasteiger partial charge is 0.114 e. The molecule has 0 amide bonds. The Morgan fingerprint density at radius 1 is 1.18 bits per heavy atom. The van der Waals surface area contributed by atoms with Crippen LogP contribution in [0, 0.1) is 0 Å². The number of hydrogen-bond donors (Lipinski definition) is 1. The summed E-state index contributed by atoms with van der Waals surface area (Å²) in [5.41, 5.74) is 1.82. The number of allylic oxidation sites excluding steroid dienone is 3. The lowest BCUT2D eigenvalue weighted by Gasteiger charge is -1.97. The van der Waals surface area contributed by atoms with Gasteiger partial charge in [0.15, 0.2) is 0 Å². The molecule has 0 aliphatic heterocycles. The standard InChI is InChI=1S/C15H13NO/c1-2-14(17)8-5-7-13-11-10-12-6-3-4-9-15(12)16-13/h2-11,17H,1H2/b7-5+,14-8-. The number of pyridine rings is 1. The molecule has 0 saturated carbocycles. The summed E-state index contributed by atoms with van der Waals surface area (Å²) in [6, 6.07) is 11.9. The fourth-order valence-corrected chi connectivity index (χ4v) is 1.49. The highest BCUT2D eigenvalue weighted by atomic mass is 16.3. The summed E-state index contributed by atoms with van der Waals surface area (Å²) in [5, 5.41) is 10.3. The molecule has 1 aromatic carbocycles. The van der Waals surface area contributed by atoms with Gasteiger partial charge in [-0.2, -0.15) is 0 Å². The summed E-state index contributed by atoms with van der Waals surface area (Å²) in [7, 11) is 0. The Morgan fingerprint density at radius 2 is 2.00 bits per heavy atom. The van der Waals surface area contributed by atoms with Crippen molar-refractivity contribution in [2.75, 3.05) is 0 Å². The van der Waals surface area contributed by atoms with Crippen LogP contribution in [0.1, 0.15) is 5.69 Å². The molecule has 2 rings (SSSR count). The molecule has 1 N–H and O–H groups in total. The molecule has 0 saturated heterocycles. The molecule has 2 nitrogen and oxygen atoms in total. The Labute approximate surface area is 100 Å². The van der Waals surface area contributed by atoms with E-state index >= 15 is 0 Å². The third kappa shape index (κ3) is 2.82. The zero-order valence-electron chi connectivity index (χ0n) is 9.38. The van der Waals surface area contributed by atoms with Crippen molar-refractivity contribution < 1.29 is 5.11 Å². The summed E-state index contributed by atoms with van der Waals surface area (Å²) in [6.07, 6.45) is 6.54. The number of aliphatic hydroxyl groups excluding tert-OH is 1. The predicted molar refractivity (Wildman–Crippen MR) is 71.7 cm³/mol. The molecule has 0 aliphatic rings. The van der Waals surface area contributed by atoms with Crippen molar-refractivity contribution in [1.82, 2.24) is 4.98 Å². The van der Waals surface area contributed by atoms with E-state index < -0.39 is 0 Å². The van der Waals surface area contributed by atoms with Gasteiger partial charge in [-0.25, -0.2) is 4.98 Å². The number of hydrogen-bond acceptors (Lipinski definition) is 2. The van der Waals surface area contributed by atoms with E-state index in [9.17, 15) is 5.11 Å². The molecule has 17 heavy (non-hydrogen) atoms. The van der Waals surface area contributed by atoms with Gasteiger partial charge >= 0.3 is 0 Å². The molecule has 2 heteroatoms. The second kappa shape index (κ2) is 5.12. The maximum Gasteiger partial charge on any atom is 0.114 e. The van der Waals surface area contributed by atoms with Crippen LogP contribution in [0.4, 0.5) is 0 Å². The lowest BCUT2D eigenvalue weighted by atomic mass is 10.2. The van der Waals surface area contributed by atoms with Crippen molar-refractivity contribution in [1.29, 1.82) is 0 Å². The van der Waals surface area contributed by atoms with Crippen LogP contribution in [0.3, 0.4) is 0 Å². The average molecular weight is 223 g/mol. The number of aromatic nitrogens is 1. The van der Waals surface area contributed by atoms with Crippen molar-refractivity contribution in [3.63, 3.8) is 0 Å². The first-order chi connectivity index (χ1) is 8.29. The quantitative estimate of drug-likeness (QED) is 0.632. The van der Waals surface area contributed by atoms with Gasteiger partial charge in [0.05, 0.1) is 11.2 Å². The van der Waals surface area contributed by atoms with Crippen LogP contribution in [0.25, 0.3) is 17.0 Å². The van der Waals surface area contributed by atoms with E-state index in [0.29, 0.717) is 0 Å². The average Bonchev–Trinajstić information content (AvgIpc) is 2.38. The number of benzene rings is 1. The fraction of sp³-hybridized carbons (Fsp3) is 0. The Kier molecular flexibility index (Phi) is 3.36. The Morgan fingerprint density at radius 3 is 2.82 bits per heavy atom. The summed E-state index contributed by atoms with van der Waals surface area (Å²) in [4.78, 5) is 4.47. The van der Waals surface area contributed by atoms with Gasteiger partial charge in [0.25, 0.3) is 0 Å². The topological polar surface area (TPSA) is 33.1 Å². The molecule has 0 unspecified atom stereocenters. The summed E-state index contributed by atoms with van der Waals surface area (Å²) in [6.45, 7) is 3.46. The van der Waals surface area contributed by atoms with Gasteiger partial charge in [-0.15, -0.1) is 0 Å². The summed E-state index contributed by atoms with van der Waals surface area (Å²) < 4.78 is 0. The SMILES string of the molecule is C=C/C(O)=C/C=C/c1ccc2ccccc2n1. The molecule has 2 aromatic rings. The number of rotatable bonds is 3. The zero-order chi connectivity index (χ0) is 12.1. The minimum absolute atomic E-state index is 0.141. The van der Waals surface area contributed by atoms with E-state index in [2.05, 4.69) is 11.6 Å². The Hall–Kier alpha value is -2.35. The van der Waals surface area contributed by atoms with Gasteiger partial charge in [-0.05, 0) is 30.4 Å². The van der Waals surface area contributed by atoms with Crippen LogP contribution in [0.2, 0.25) is 0 Å². The second-order valence-corrected chi connectivity index (χ2v) is 3.58. The summed E-state index contributed by atoms with van der Waals surface area (Å²) in [5.74, 6) is 0.141. The van der Waals surface area contributed by atoms with E-state index in [1.807, 2.05) is 42.5 Å². The van der Waals surface area contributed by atoms with Gasteiger partial charge in [-0.3, -0.25) is 0 Å². The van der Waals surface area contributed by atoms with E-state index in [0.717, 1.165) is 16.6 Å². The van der Waals surface area contributed by atoms with Gasteiger partial charge < -0.3 is 5.11 Å². The molecule has 1 aromatic heterocycles. The third-order valence-electron chi connectivity index (χ3n) is 2.36. The first-order valence-electron chi connectivity index (χ1n) is 5.35. The molecule has 84 valence electrons. The molecule has 0 bridgehead atoms. The predicted octanol–water partition coefficient (Wildman–Crippen LogP) is 3.88. The van der Waals surface area contributed by atoms with Crippen molar-refractivity contribution >= 4 is 17.0 Å². The number of para-hydroxylation sites is 1. The molecule has 1 heterocycles. The van der Waals surface area contributed by atoms with Crippen LogP contribution < -0.4 is 0 Å². The van der Waals surface area contributed by atoms with Crippen molar-refractivity contribution in [3.05, 3.63) is 72.7 Å². The van der Waals surface area contributed by atoms with Gasteiger partial charge in [0.1, 0.15) is 5.76 Å². The van der Waals surface area contributed by atoms with Crippen molar-refractivity contribution in [3.8, 4) is 0 Å². The Bertz CT molecular complexity index is 597. The maximum atomic E-state index is 9.18. The lowest BCUT2D eigenvalue weighted by molar-refractivity contribution is 0.433. The van der Waals surface area contributed by atoms with Gasteiger partial charge in [0, 0.05) is 5.39 Å². The maximum absolute atomic E-state index is 9.18. The van der Waals surface area contributed by atoms with Crippen molar-refractivity contribution in [2.24, 2.45) is 0 Å². The first kappa shape index (κ1) is 11.1. The van der Waals surface area contributed by atoms with Crippen LogP contribution in [-0.4, -0.2) is 10.1 Å². The largest absolute Gasteiger partial charge is 0.508 e. The monoisotopic (exact) mass is 223 g/mol. The van der Waals surface area contributed by atoms with E-state index in [4.69, 9.17) is 0 Å². The van der Waals surface area contributed by atoms with Gasteiger partial charge in [0.2, 0.25) is 0 Å². The van der Waals surface area contributed by atoms with Crippen LogP contribution in [0.5, 0.6) is 0 Å². The Balaban J connectivity index is 2.28. The third-order valence-corrected chi connectivity index (χ3v) is 2.36. The van der Waals surface area contributed by atoms with Crippen LogP contribution in [-0.2, 0) is 0 Å². The summed E-state index contributed by atoms with van der Waals surface area (Å²) >= 11 is 0.